The van der Waals surface area contributed by atoms with Crippen LogP contribution in [-0.4, -0.2) is 41.2 Å². The first kappa shape index (κ1) is 17.9. The molecule has 0 saturated heterocycles. The maximum atomic E-state index is 12.5. The summed E-state index contributed by atoms with van der Waals surface area (Å²) in [7, 11) is 0. The number of allylic oxidation sites excluding steroid dienone is 2. The number of hydrogen-bond acceptors (Lipinski definition) is 4. The average Bonchev–Trinajstić information content (AvgIpc) is 2.62. The smallest absolute Gasteiger partial charge is 0.248 e. The van der Waals surface area contributed by atoms with E-state index in [2.05, 4.69) is 10.3 Å². The molecule has 2 heterocycles. The van der Waals surface area contributed by atoms with Crippen molar-refractivity contribution in [3.05, 3.63) is 54.3 Å². The third-order valence-corrected chi connectivity index (χ3v) is 4.35. The van der Waals surface area contributed by atoms with Crippen LogP contribution in [0.25, 0.3) is 0 Å². The first-order valence-corrected chi connectivity index (χ1v) is 8.72. The molecule has 6 nitrogen and oxygen atoms in total. The summed E-state index contributed by atoms with van der Waals surface area (Å²) >= 11 is 0. The lowest BCUT2D eigenvalue weighted by Crippen LogP contribution is -2.52. The number of hydrogen-bond donors (Lipinski definition) is 1. The number of carbonyl (C=O) groups excluding carboxylic acids is 2. The Kier molecular flexibility index (Phi) is 5.21. The van der Waals surface area contributed by atoms with E-state index in [-0.39, 0.29) is 18.2 Å². The summed E-state index contributed by atoms with van der Waals surface area (Å²) in [4.78, 5) is 30.8. The Labute approximate surface area is 153 Å². The van der Waals surface area contributed by atoms with E-state index >= 15 is 0 Å². The molecule has 0 fully saturated rings. The van der Waals surface area contributed by atoms with Gasteiger partial charge in [-0.1, -0.05) is 23.8 Å². The van der Waals surface area contributed by atoms with E-state index in [0.29, 0.717) is 25.4 Å². The number of nitrogens with one attached hydrogen (secondary N) is 1. The molecule has 136 valence electrons. The molecule has 0 saturated carbocycles. The number of aryl methyl sites for hydroxylation is 1. The minimum absolute atomic E-state index is 0.0559. The van der Waals surface area contributed by atoms with Crippen LogP contribution in [-0.2, 0) is 9.59 Å². The Morgan fingerprint density at radius 1 is 1.31 bits per heavy atom. The number of fused-ring (bicyclic) bond motifs is 1. The van der Waals surface area contributed by atoms with Crippen molar-refractivity contribution in [3.63, 3.8) is 0 Å². The number of aliphatic imine (C=N–C) groups is 1. The van der Waals surface area contributed by atoms with Gasteiger partial charge in [0.1, 0.15) is 17.1 Å². The fraction of sp³-hybridized carbons (Fsp3) is 0.350. The lowest BCUT2D eigenvalue weighted by atomic mass is 9.94. The van der Waals surface area contributed by atoms with Crippen molar-refractivity contribution in [1.29, 1.82) is 0 Å². The topological polar surface area (TPSA) is 71.0 Å². The fourth-order valence-corrected chi connectivity index (χ4v) is 2.83. The molecule has 0 aliphatic carbocycles. The van der Waals surface area contributed by atoms with Gasteiger partial charge in [-0.2, -0.15) is 0 Å². The zero-order valence-electron chi connectivity index (χ0n) is 15.1. The number of amides is 2. The zero-order chi connectivity index (χ0) is 18.6. The van der Waals surface area contributed by atoms with Crippen LogP contribution in [0.5, 0.6) is 5.75 Å². The molecule has 2 amide bonds. The van der Waals surface area contributed by atoms with Gasteiger partial charge in [-0.3, -0.25) is 19.5 Å². The van der Waals surface area contributed by atoms with Crippen LogP contribution in [0.3, 0.4) is 0 Å². The van der Waals surface area contributed by atoms with Crippen molar-refractivity contribution < 1.29 is 14.3 Å². The molecule has 0 spiro atoms. The fourth-order valence-electron chi connectivity index (χ4n) is 2.83. The molecule has 0 radical (unpaired) electrons. The van der Waals surface area contributed by atoms with Crippen LogP contribution in [0.4, 0.5) is 0 Å². The highest BCUT2D eigenvalue weighted by molar-refractivity contribution is 6.11. The molecule has 1 aromatic carbocycles. The standard InChI is InChI=1S/C20H23N3O3/c1-15-7-9-16(10-8-15)26-13-5-11-21-19(25)20(2)14-18(24)23-12-4-3-6-17(23)22-20/h3-4,6-10,12H,5,11,13-14H2,1-2H3,(H,21,25)/t20-/m1/s1. The molecule has 2 aliphatic rings. The first-order chi connectivity index (χ1) is 12.5. The Balaban J connectivity index is 1.48. The van der Waals surface area contributed by atoms with E-state index < -0.39 is 5.54 Å². The minimum atomic E-state index is -1.07. The molecule has 3 rings (SSSR count). The second kappa shape index (κ2) is 7.56. The van der Waals surface area contributed by atoms with Crippen molar-refractivity contribution >= 4 is 17.6 Å². The van der Waals surface area contributed by atoms with Gasteiger partial charge >= 0.3 is 0 Å². The van der Waals surface area contributed by atoms with Gasteiger partial charge in [-0.25, -0.2) is 0 Å². The molecule has 6 heteroatoms. The maximum Gasteiger partial charge on any atom is 0.248 e. The van der Waals surface area contributed by atoms with E-state index in [0.717, 1.165) is 5.75 Å². The second-order valence-electron chi connectivity index (χ2n) is 6.66. The van der Waals surface area contributed by atoms with Crippen molar-refractivity contribution in [2.75, 3.05) is 13.2 Å². The number of carbonyl (C=O) groups is 2. The van der Waals surface area contributed by atoms with E-state index in [9.17, 15) is 9.59 Å². The number of rotatable bonds is 6. The van der Waals surface area contributed by atoms with E-state index in [1.54, 1.807) is 31.4 Å². The quantitative estimate of drug-likeness (QED) is 0.798. The van der Waals surface area contributed by atoms with Gasteiger partial charge in [0, 0.05) is 12.7 Å². The lowest BCUT2D eigenvalue weighted by molar-refractivity contribution is -0.134. The van der Waals surface area contributed by atoms with Gasteiger partial charge in [-0.15, -0.1) is 0 Å². The predicted octanol–water partition coefficient (Wildman–Crippen LogP) is 2.35. The van der Waals surface area contributed by atoms with Gasteiger partial charge in [0.05, 0.1) is 13.0 Å². The van der Waals surface area contributed by atoms with E-state index in [1.165, 1.54) is 10.5 Å². The van der Waals surface area contributed by atoms with Gasteiger partial charge in [0.2, 0.25) is 11.8 Å². The van der Waals surface area contributed by atoms with Gasteiger partial charge in [0.25, 0.3) is 0 Å². The number of amidine groups is 1. The summed E-state index contributed by atoms with van der Waals surface area (Å²) in [6.45, 7) is 4.70. The summed E-state index contributed by atoms with van der Waals surface area (Å²) in [6.07, 6.45) is 7.71. The molecular weight excluding hydrogens is 330 g/mol. The molecule has 1 atom stereocenters. The normalized spacial score (nSPS) is 21.2. The summed E-state index contributed by atoms with van der Waals surface area (Å²) in [5.74, 6) is 0.951. The monoisotopic (exact) mass is 353 g/mol. The summed E-state index contributed by atoms with van der Waals surface area (Å²) < 4.78 is 5.64. The van der Waals surface area contributed by atoms with Crippen molar-refractivity contribution in [2.45, 2.75) is 32.2 Å². The Bertz CT molecular complexity index is 780. The number of ether oxygens (including phenoxy) is 1. The first-order valence-electron chi connectivity index (χ1n) is 8.72. The highest BCUT2D eigenvalue weighted by Gasteiger charge is 2.41. The molecule has 1 aromatic rings. The van der Waals surface area contributed by atoms with Crippen molar-refractivity contribution in [2.24, 2.45) is 4.99 Å². The molecular formula is C20H23N3O3. The summed E-state index contributed by atoms with van der Waals surface area (Å²) in [5.41, 5.74) is 0.111. The average molecular weight is 353 g/mol. The number of benzene rings is 1. The van der Waals surface area contributed by atoms with Crippen LogP contribution in [0.1, 0.15) is 25.3 Å². The SMILES string of the molecule is Cc1ccc(OCCCNC(=O)[C@@]2(C)CC(=O)N3C=CC=CC3=N2)cc1. The summed E-state index contributed by atoms with van der Waals surface area (Å²) in [6, 6.07) is 7.85. The third kappa shape index (κ3) is 4.02. The Morgan fingerprint density at radius 3 is 2.85 bits per heavy atom. The molecule has 0 aromatic heterocycles. The van der Waals surface area contributed by atoms with Crippen LogP contribution < -0.4 is 10.1 Å². The van der Waals surface area contributed by atoms with Crippen LogP contribution in [0.2, 0.25) is 0 Å². The lowest BCUT2D eigenvalue weighted by Gasteiger charge is -2.34. The highest BCUT2D eigenvalue weighted by atomic mass is 16.5. The van der Waals surface area contributed by atoms with E-state index in [1.807, 2.05) is 31.2 Å². The molecule has 0 bridgehead atoms. The van der Waals surface area contributed by atoms with Gasteiger partial charge < -0.3 is 10.1 Å². The van der Waals surface area contributed by atoms with Crippen molar-refractivity contribution in [1.82, 2.24) is 10.2 Å². The van der Waals surface area contributed by atoms with E-state index in [4.69, 9.17) is 4.74 Å². The predicted molar refractivity (Wildman–Crippen MR) is 99.9 cm³/mol. The highest BCUT2D eigenvalue weighted by Crippen LogP contribution is 2.25. The maximum absolute atomic E-state index is 12.5. The third-order valence-electron chi connectivity index (χ3n) is 4.35. The summed E-state index contributed by atoms with van der Waals surface area (Å²) in [5, 5.41) is 2.87. The molecule has 0 unspecified atom stereocenters. The molecule has 2 aliphatic heterocycles. The zero-order valence-corrected chi connectivity index (χ0v) is 15.1. The number of nitrogens with zero attached hydrogens (tertiary/aromatic N) is 2. The minimum Gasteiger partial charge on any atom is -0.494 e. The Morgan fingerprint density at radius 2 is 2.08 bits per heavy atom. The van der Waals surface area contributed by atoms with Crippen LogP contribution >= 0.6 is 0 Å². The second-order valence-corrected chi connectivity index (χ2v) is 6.66. The van der Waals surface area contributed by atoms with Crippen LogP contribution in [0, 0.1) is 6.92 Å². The Hall–Kier alpha value is -2.89. The van der Waals surface area contributed by atoms with Gasteiger partial charge in [-0.05, 0) is 44.6 Å². The van der Waals surface area contributed by atoms with Crippen molar-refractivity contribution in [3.8, 4) is 5.75 Å². The van der Waals surface area contributed by atoms with Crippen LogP contribution in [0.15, 0.2) is 53.7 Å². The largest absolute Gasteiger partial charge is 0.494 e. The molecule has 26 heavy (non-hydrogen) atoms. The molecule has 1 N–H and O–H groups in total. The van der Waals surface area contributed by atoms with Gasteiger partial charge in [0.15, 0.2) is 0 Å².